The summed E-state index contributed by atoms with van der Waals surface area (Å²) in [5.41, 5.74) is 2.75. The second-order valence-corrected chi connectivity index (χ2v) is 10.6. The maximum atomic E-state index is 6.73. The summed E-state index contributed by atoms with van der Waals surface area (Å²) < 4.78 is 6.73. The number of rotatable bonds is 7. The summed E-state index contributed by atoms with van der Waals surface area (Å²) in [4.78, 5) is 0. The first-order valence-corrected chi connectivity index (χ1v) is 12.5. The highest BCUT2D eigenvalue weighted by Crippen LogP contribution is 2.41. The third-order valence-electron chi connectivity index (χ3n) is 6.37. The molecule has 0 spiro atoms. The summed E-state index contributed by atoms with van der Waals surface area (Å²) in [6.07, 6.45) is 10.1. The Kier molecular flexibility index (Phi) is 6.46. The molecule has 2 atom stereocenters. The lowest BCUT2D eigenvalue weighted by molar-refractivity contribution is 0.262. The molecule has 0 radical (unpaired) electrons. The zero-order valence-corrected chi connectivity index (χ0v) is 19.0. The molecule has 2 unspecified atom stereocenters. The third kappa shape index (κ3) is 4.25. The van der Waals surface area contributed by atoms with Crippen molar-refractivity contribution in [1.29, 1.82) is 0 Å². The average molecular weight is 411 g/mol. The van der Waals surface area contributed by atoms with Crippen LogP contribution in [-0.4, -0.2) is 15.6 Å². The van der Waals surface area contributed by atoms with Crippen molar-refractivity contribution in [3.05, 3.63) is 120 Å². The lowest BCUT2D eigenvalue weighted by Crippen LogP contribution is -2.46. The van der Waals surface area contributed by atoms with Crippen LogP contribution in [0.1, 0.15) is 24.5 Å². The van der Waals surface area contributed by atoms with Gasteiger partial charge in [-0.3, -0.25) is 0 Å². The van der Waals surface area contributed by atoms with E-state index in [4.69, 9.17) is 4.43 Å². The maximum absolute atomic E-state index is 6.73. The van der Waals surface area contributed by atoms with Crippen molar-refractivity contribution in [2.45, 2.75) is 25.7 Å². The molecule has 0 saturated carbocycles. The molecule has 3 aromatic carbocycles. The molecule has 0 heterocycles. The first kappa shape index (κ1) is 20.6. The molecule has 0 bridgehead atoms. The van der Waals surface area contributed by atoms with Crippen LogP contribution in [0, 0.1) is 12.8 Å². The molecule has 1 aliphatic carbocycles. The first-order valence-electron chi connectivity index (χ1n) is 10.8. The quantitative estimate of drug-likeness (QED) is 0.501. The fraction of sp³-hybridized carbons (Fsp3) is 0.214. The molecule has 30 heavy (non-hydrogen) atoms. The minimum Gasteiger partial charge on any atom is -0.411 e. The Morgan fingerprint density at radius 3 is 2.00 bits per heavy atom. The molecule has 0 amide bonds. The van der Waals surface area contributed by atoms with E-state index in [9.17, 15) is 0 Å². The third-order valence-corrected chi connectivity index (χ3v) is 8.92. The number of hydrogen-bond acceptors (Lipinski definition) is 1. The van der Waals surface area contributed by atoms with Gasteiger partial charge in [-0.2, -0.15) is 0 Å². The lowest BCUT2D eigenvalue weighted by Gasteiger charge is -2.39. The Morgan fingerprint density at radius 1 is 0.800 bits per heavy atom. The van der Waals surface area contributed by atoms with Gasteiger partial charge in [0.1, 0.15) is 0 Å². The normalized spacial score (nSPS) is 20.6. The van der Waals surface area contributed by atoms with Crippen LogP contribution in [0.2, 0.25) is 0 Å². The monoisotopic (exact) mass is 410 g/mol. The minimum atomic E-state index is -1.72. The molecule has 0 saturated heterocycles. The fourth-order valence-corrected chi connectivity index (χ4v) is 6.91. The Morgan fingerprint density at radius 2 is 1.40 bits per heavy atom. The van der Waals surface area contributed by atoms with Crippen LogP contribution in [0.3, 0.4) is 0 Å². The fourth-order valence-electron chi connectivity index (χ4n) is 4.64. The predicted molar refractivity (Wildman–Crippen MR) is 130 cm³/mol. The van der Waals surface area contributed by atoms with Gasteiger partial charge in [0.05, 0.1) is 0 Å². The molecule has 3 aromatic rings. The summed E-state index contributed by atoms with van der Waals surface area (Å²) in [5, 5.41) is 2.67. The molecule has 2 heteroatoms. The summed E-state index contributed by atoms with van der Waals surface area (Å²) in [5.74, 6) is 0.431. The zero-order valence-electron chi connectivity index (χ0n) is 17.9. The summed E-state index contributed by atoms with van der Waals surface area (Å²) in [6, 6.07) is 30.3. The second-order valence-electron chi connectivity index (χ2n) is 8.21. The van der Waals surface area contributed by atoms with E-state index in [0.717, 1.165) is 13.0 Å². The van der Waals surface area contributed by atoms with E-state index in [2.05, 4.69) is 123 Å². The van der Waals surface area contributed by atoms with Crippen LogP contribution >= 0.6 is 0 Å². The van der Waals surface area contributed by atoms with Crippen molar-refractivity contribution < 1.29 is 4.43 Å². The Balaban J connectivity index is 1.60. The summed E-state index contributed by atoms with van der Waals surface area (Å²) in [6.45, 7) is 5.30. The van der Waals surface area contributed by atoms with Crippen molar-refractivity contribution in [3.63, 3.8) is 0 Å². The highest BCUT2D eigenvalue weighted by atomic mass is 28.3. The number of allylic oxidation sites excluding steroid dienone is 4. The molecule has 0 aliphatic heterocycles. The van der Waals surface area contributed by atoms with Gasteiger partial charge in [-0.15, -0.1) is 0 Å². The minimum absolute atomic E-state index is 0.0214. The number of hydrogen-bond donors (Lipinski definition) is 0. The Labute approximate surface area is 182 Å². The lowest BCUT2D eigenvalue weighted by atomic mass is 9.66. The molecule has 152 valence electrons. The van der Waals surface area contributed by atoms with Crippen LogP contribution in [0.4, 0.5) is 0 Å². The van der Waals surface area contributed by atoms with Crippen LogP contribution in [0.5, 0.6) is 0 Å². The van der Waals surface area contributed by atoms with E-state index in [0.29, 0.717) is 5.92 Å². The highest BCUT2D eigenvalue weighted by molar-refractivity contribution is 6.80. The molecule has 4 rings (SSSR count). The number of benzene rings is 3. The first-order chi connectivity index (χ1) is 14.7. The zero-order chi connectivity index (χ0) is 20.8. The van der Waals surface area contributed by atoms with Gasteiger partial charge in [0.25, 0.3) is 0 Å². The van der Waals surface area contributed by atoms with Gasteiger partial charge in [-0.25, -0.2) is 0 Å². The van der Waals surface area contributed by atoms with E-state index in [1.807, 2.05) is 0 Å². The van der Waals surface area contributed by atoms with Crippen LogP contribution < -0.4 is 10.4 Å². The van der Waals surface area contributed by atoms with Gasteiger partial charge in [0, 0.05) is 12.0 Å². The molecule has 0 aromatic heterocycles. The van der Waals surface area contributed by atoms with Gasteiger partial charge in [-0.1, -0.05) is 116 Å². The van der Waals surface area contributed by atoms with E-state index in [1.165, 1.54) is 21.5 Å². The largest absolute Gasteiger partial charge is 0.411 e. The SMILES string of the molecule is Cc1ccccc1C1(CCO[SiH](c2ccccc2)c2ccccc2)C=CC=CC1C. The van der Waals surface area contributed by atoms with Crippen molar-refractivity contribution in [2.75, 3.05) is 6.61 Å². The van der Waals surface area contributed by atoms with Crippen LogP contribution in [-0.2, 0) is 9.84 Å². The van der Waals surface area contributed by atoms with Gasteiger partial charge in [0.2, 0.25) is 9.04 Å². The van der Waals surface area contributed by atoms with E-state index >= 15 is 0 Å². The molecular formula is C28H30OSi. The standard InChI is InChI=1S/C28H30OSi/c1-23-13-9-10-19-27(23)28(20-12-11-14-24(28)2)21-22-29-30(25-15-5-3-6-16-25)26-17-7-4-8-18-26/h3-20,24,30H,21-22H2,1-2H3. The molecule has 0 fully saturated rings. The number of aryl methyl sites for hydroxylation is 1. The molecule has 0 N–H and O–H groups in total. The smallest absolute Gasteiger partial charge is 0.239 e. The van der Waals surface area contributed by atoms with Gasteiger partial charge in [0.15, 0.2) is 0 Å². The maximum Gasteiger partial charge on any atom is 0.239 e. The molecule has 1 aliphatic rings. The Hall–Kier alpha value is -2.68. The van der Waals surface area contributed by atoms with Gasteiger partial charge < -0.3 is 4.43 Å². The summed E-state index contributed by atoms with van der Waals surface area (Å²) in [7, 11) is -1.72. The van der Waals surface area contributed by atoms with Crippen molar-refractivity contribution in [2.24, 2.45) is 5.92 Å². The average Bonchev–Trinajstić information content (AvgIpc) is 2.80. The molecule has 1 nitrogen and oxygen atoms in total. The van der Waals surface area contributed by atoms with Crippen molar-refractivity contribution >= 4 is 19.4 Å². The van der Waals surface area contributed by atoms with Crippen LogP contribution in [0.15, 0.2) is 109 Å². The second kappa shape index (κ2) is 9.42. The van der Waals surface area contributed by atoms with Gasteiger partial charge >= 0.3 is 0 Å². The summed E-state index contributed by atoms with van der Waals surface area (Å²) >= 11 is 0. The van der Waals surface area contributed by atoms with E-state index < -0.39 is 9.04 Å². The molecular weight excluding hydrogens is 380 g/mol. The highest BCUT2D eigenvalue weighted by Gasteiger charge is 2.36. The van der Waals surface area contributed by atoms with Crippen LogP contribution in [0.25, 0.3) is 0 Å². The van der Waals surface area contributed by atoms with Crippen molar-refractivity contribution in [3.8, 4) is 0 Å². The van der Waals surface area contributed by atoms with Crippen molar-refractivity contribution in [1.82, 2.24) is 0 Å². The van der Waals surface area contributed by atoms with E-state index in [-0.39, 0.29) is 5.41 Å². The van der Waals surface area contributed by atoms with Gasteiger partial charge in [-0.05, 0) is 40.8 Å². The van der Waals surface area contributed by atoms with E-state index in [1.54, 1.807) is 0 Å². The topological polar surface area (TPSA) is 9.23 Å². The predicted octanol–water partition coefficient (Wildman–Crippen LogP) is 4.94. The Bertz CT molecular complexity index is 970.